The predicted molar refractivity (Wildman–Crippen MR) is 92.2 cm³/mol. The van der Waals surface area contributed by atoms with Crippen molar-refractivity contribution in [2.45, 2.75) is 39.5 Å². The summed E-state index contributed by atoms with van der Waals surface area (Å²) in [6.07, 6.45) is 1.28. The largest absolute Gasteiger partial charge is 0.493 e. The molecule has 0 aromatic heterocycles. The first-order valence-electron chi connectivity index (χ1n) is 7.98. The molecule has 0 radical (unpaired) electrons. The summed E-state index contributed by atoms with van der Waals surface area (Å²) in [4.78, 5) is 11.5. The van der Waals surface area contributed by atoms with Gasteiger partial charge in [0.1, 0.15) is 5.75 Å². The van der Waals surface area contributed by atoms with Crippen LogP contribution in [0, 0.1) is 20.8 Å². The van der Waals surface area contributed by atoms with Crippen molar-refractivity contribution in [3.05, 3.63) is 64.7 Å². The summed E-state index contributed by atoms with van der Waals surface area (Å²) in [5.41, 5.74) is 4.33. The highest BCUT2D eigenvalue weighted by molar-refractivity contribution is 5.75. The molecule has 0 bridgehead atoms. The van der Waals surface area contributed by atoms with Gasteiger partial charge in [-0.05, 0) is 55.9 Å². The minimum Gasteiger partial charge on any atom is -0.493 e. The number of carboxylic acids is 1. The molecule has 0 aliphatic carbocycles. The summed E-state index contributed by atoms with van der Waals surface area (Å²) in [7, 11) is 0. The fourth-order valence-corrected chi connectivity index (χ4v) is 2.73. The summed E-state index contributed by atoms with van der Waals surface area (Å²) in [6, 6.07) is 13.5. The van der Waals surface area contributed by atoms with Crippen molar-refractivity contribution in [3.8, 4) is 5.75 Å². The normalized spacial score (nSPS) is 12.0. The zero-order chi connectivity index (χ0) is 16.8. The molecule has 1 atom stereocenters. The maximum atomic E-state index is 11.5. The Labute approximate surface area is 137 Å². The van der Waals surface area contributed by atoms with E-state index in [1.165, 1.54) is 5.56 Å². The van der Waals surface area contributed by atoms with Gasteiger partial charge >= 0.3 is 5.97 Å². The van der Waals surface area contributed by atoms with E-state index in [4.69, 9.17) is 4.74 Å². The van der Waals surface area contributed by atoms with Crippen molar-refractivity contribution < 1.29 is 14.6 Å². The first-order valence-corrected chi connectivity index (χ1v) is 7.98. The third-order valence-electron chi connectivity index (χ3n) is 4.26. The number of rotatable bonds is 7. The lowest BCUT2D eigenvalue weighted by molar-refractivity contribution is -0.139. The van der Waals surface area contributed by atoms with Crippen molar-refractivity contribution >= 4 is 5.97 Å². The van der Waals surface area contributed by atoms with E-state index in [1.54, 1.807) is 0 Å². The summed E-state index contributed by atoms with van der Waals surface area (Å²) in [6.45, 7) is 6.69. The van der Waals surface area contributed by atoms with Gasteiger partial charge in [0.05, 0.1) is 12.5 Å². The molecule has 3 nitrogen and oxygen atoms in total. The van der Waals surface area contributed by atoms with Gasteiger partial charge in [0, 0.05) is 0 Å². The number of hydrogen-bond donors (Lipinski definition) is 1. The van der Waals surface area contributed by atoms with Gasteiger partial charge in [-0.3, -0.25) is 4.79 Å². The Morgan fingerprint density at radius 3 is 2.35 bits per heavy atom. The molecule has 122 valence electrons. The van der Waals surface area contributed by atoms with Gasteiger partial charge < -0.3 is 9.84 Å². The Bertz CT molecular complexity index is 662. The lowest BCUT2D eigenvalue weighted by atomic mass is 9.94. The first-order chi connectivity index (χ1) is 11.0. The second-order valence-electron chi connectivity index (χ2n) is 5.95. The molecule has 2 aromatic rings. The Hall–Kier alpha value is -2.29. The molecular formula is C20H24O3. The Morgan fingerprint density at radius 2 is 1.70 bits per heavy atom. The lowest BCUT2D eigenvalue weighted by Gasteiger charge is -2.16. The van der Waals surface area contributed by atoms with E-state index in [-0.39, 0.29) is 0 Å². The van der Waals surface area contributed by atoms with Crippen LogP contribution in [0.25, 0.3) is 0 Å². The highest BCUT2D eigenvalue weighted by atomic mass is 16.5. The average molecular weight is 312 g/mol. The van der Waals surface area contributed by atoms with E-state index in [1.807, 2.05) is 37.3 Å². The number of aryl methyl sites for hydroxylation is 2. The second-order valence-corrected chi connectivity index (χ2v) is 5.95. The number of carbonyl (C=O) groups is 1. The van der Waals surface area contributed by atoms with Crippen molar-refractivity contribution in [1.29, 1.82) is 0 Å². The molecule has 23 heavy (non-hydrogen) atoms. The van der Waals surface area contributed by atoms with Crippen molar-refractivity contribution in [3.63, 3.8) is 0 Å². The Balaban J connectivity index is 1.94. The van der Waals surface area contributed by atoms with Gasteiger partial charge in [-0.1, -0.05) is 42.5 Å². The Kier molecular flexibility index (Phi) is 5.80. The number of carboxylic acid groups (broad SMARTS) is 1. The molecule has 2 rings (SSSR count). The van der Waals surface area contributed by atoms with Gasteiger partial charge in [0.2, 0.25) is 0 Å². The van der Waals surface area contributed by atoms with E-state index < -0.39 is 11.9 Å². The summed E-state index contributed by atoms with van der Waals surface area (Å²) < 4.78 is 5.92. The van der Waals surface area contributed by atoms with Gasteiger partial charge in [0.15, 0.2) is 0 Å². The average Bonchev–Trinajstić information content (AvgIpc) is 2.54. The third-order valence-corrected chi connectivity index (χ3v) is 4.26. The predicted octanol–water partition coefficient (Wildman–Crippen LogP) is 4.64. The summed E-state index contributed by atoms with van der Waals surface area (Å²) in [5.74, 6) is -0.324. The van der Waals surface area contributed by atoms with Crippen LogP contribution in [0.3, 0.4) is 0 Å². The van der Waals surface area contributed by atoms with Crippen LogP contribution >= 0.6 is 0 Å². The number of benzene rings is 2. The zero-order valence-electron chi connectivity index (χ0n) is 14.0. The fourth-order valence-electron chi connectivity index (χ4n) is 2.73. The summed E-state index contributed by atoms with van der Waals surface area (Å²) >= 11 is 0. The van der Waals surface area contributed by atoms with E-state index >= 15 is 0 Å². The van der Waals surface area contributed by atoms with Crippen LogP contribution in [0.2, 0.25) is 0 Å². The number of hydrogen-bond acceptors (Lipinski definition) is 2. The third kappa shape index (κ3) is 4.35. The van der Waals surface area contributed by atoms with Gasteiger partial charge in [-0.25, -0.2) is 0 Å². The maximum absolute atomic E-state index is 11.5. The molecule has 0 aliphatic heterocycles. The smallest absolute Gasteiger partial charge is 0.310 e. The molecule has 0 aliphatic rings. The molecule has 3 heteroatoms. The molecule has 0 heterocycles. The molecule has 0 saturated carbocycles. The number of ether oxygens (including phenoxy) is 1. The van der Waals surface area contributed by atoms with Crippen LogP contribution in [-0.2, 0) is 4.79 Å². The fraction of sp³-hybridized carbons (Fsp3) is 0.350. The minimum absolute atomic E-state index is 0.473. The number of aliphatic carboxylic acids is 1. The quantitative estimate of drug-likeness (QED) is 0.758. The van der Waals surface area contributed by atoms with E-state index in [0.717, 1.165) is 22.4 Å². The summed E-state index contributed by atoms with van der Waals surface area (Å²) in [5, 5.41) is 9.43. The molecule has 0 amide bonds. The minimum atomic E-state index is -0.779. The van der Waals surface area contributed by atoms with Crippen LogP contribution < -0.4 is 4.74 Å². The van der Waals surface area contributed by atoms with Crippen LogP contribution in [0.1, 0.15) is 41.0 Å². The molecule has 0 spiro atoms. The monoisotopic (exact) mass is 312 g/mol. The van der Waals surface area contributed by atoms with E-state index in [2.05, 4.69) is 26.0 Å². The van der Waals surface area contributed by atoms with E-state index in [0.29, 0.717) is 19.4 Å². The van der Waals surface area contributed by atoms with Crippen molar-refractivity contribution in [1.82, 2.24) is 0 Å². The molecule has 1 unspecified atom stereocenters. The van der Waals surface area contributed by atoms with Crippen molar-refractivity contribution in [2.24, 2.45) is 0 Å². The van der Waals surface area contributed by atoms with Crippen molar-refractivity contribution in [2.75, 3.05) is 6.61 Å². The molecular weight excluding hydrogens is 288 g/mol. The molecule has 2 aromatic carbocycles. The van der Waals surface area contributed by atoms with Gasteiger partial charge in [-0.2, -0.15) is 0 Å². The SMILES string of the molecule is Cc1ccc(C)c(OCCCC(C(=O)O)c2ccccc2)c1C. The first kappa shape index (κ1) is 17.1. The topological polar surface area (TPSA) is 46.5 Å². The lowest BCUT2D eigenvalue weighted by Crippen LogP contribution is -2.13. The highest BCUT2D eigenvalue weighted by Crippen LogP contribution is 2.27. The van der Waals surface area contributed by atoms with Crippen LogP contribution in [0.15, 0.2) is 42.5 Å². The van der Waals surface area contributed by atoms with Crippen LogP contribution in [0.5, 0.6) is 5.75 Å². The molecule has 0 saturated heterocycles. The standard InChI is InChI=1S/C20H24O3/c1-14-11-12-15(2)19(16(14)3)23-13-7-10-18(20(21)22)17-8-5-4-6-9-17/h4-6,8-9,11-12,18H,7,10,13H2,1-3H3,(H,21,22). The van der Waals surface area contributed by atoms with Gasteiger partial charge in [0.25, 0.3) is 0 Å². The Morgan fingerprint density at radius 1 is 1.04 bits per heavy atom. The van der Waals surface area contributed by atoms with Gasteiger partial charge in [-0.15, -0.1) is 0 Å². The maximum Gasteiger partial charge on any atom is 0.310 e. The van der Waals surface area contributed by atoms with Crippen LogP contribution in [0.4, 0.5) is 0 Å². The molecule has 0 fully saturated rings. The highest BCUT2D eigenvalue weighted by Gasteiger charge is 2.19. The van der Waals surface area contributed by atoms with E-state index in [9.17, 15) is 9.90 Å². The molecule has 1 N–H and O–H groups in total. The van der Waals surface area contributed by atoms with Crippen LogP contribution in [-0.4, -0.2) is 17.7 Å². The second kappa shape index (κ2) is 7.82. The zero-order valence-corrected chi connectivity index (χ0v) is 14.0.